The third-order valence-electron chi connectivity index (χ3n) is 3.63. The molecule has 0 bridgehead atoms. The van der Waals surface area contributed by atoms with Crippen LogP contribution in [0.4, 0.5) is 11.4 Å². The number of hydrogen-bond acceptors (Lipinski definition) is 4. The summed E-state index contributed by atoms with van der Waals surface area (Å²) in [5.74, 6) is -0.388. The predicted molar refractivity (Wildman–Crippen MR) is 108 cm³/mol. The Kier molecular flexibility index (Phi) is 5.86. The Labute approximate surface area is 165 Å². The molecule has 1 aliphatic heterocycles. The lowest BCUT2D eigenvalue weighted by Crippen LogP contribution is -2.33. The fraction of sp³-hybridized carbons (Fsp3) is 0.167. The zero-order valence-electron chi connectivity index (χ0n) is 13.8. The fourth-order valence-electron chi connectivity index (χ4n) is 2.37. The van der Waals surface area contributed by atoms with E-state index < -0.39 is 5.25 Å². The van der Waals surface area contributed by atoms with Crippen LogP contribution in [0.25, 0.3) is 0 Å². The highest BCUT2D eigenvalue weighted by Gasteiger charge is 2.31. The molecule has 0 spiro atoms. The van der Waals surface area contributed by atoms with Gasteiger partial charge in [-0.05, 0) is 37.3 Å². The van der Waals surface area contributed by atoms with Crippen molar-refractivity contribution in [2.24, 2.45) is 4.99 Å². The second-order valence-corrected chi connectivity index (χ2v) is 7.69. The Balaban J connectivity index is 1.71. The van der Waals surface area contributed by atoms with E-state index in [1.807, 2.05) is 0 Å². The summed E-state index contributed by atoms with van der Waals surface area (Å²) in [6, 6.07) is 14.0. The van der Waals surface area contributed by atoms with E-state index in [0.29, 0.717) is 26.6 Å². The molecule has 2 aromatic carbocycles. The van der Waals surface area contributed by atoms with Crippen LogP contribution in [0.2, 0.25) is 10.0 Å². The Morgan fingerprint density at radius 3 is 2.73 bits per heavy atom. The quantitative estimate of drug-likeness (QED) is 0.813. The van der Waals surface area contributed by atoms with Crippen molar-refractivity contribution in [2.75, 3.05) is 16.8 Å². The van der Waals surface area contributed by atoms with Gasteiger partial charge in [-0.3, -0.25) is 19.5 Å². The van der Waals surface area contributed by atoms with Crippen LogP contribution in [-0.2, 0) is 9.59 Å². The van der Waals surface area contributed by atoms with Crippen LogP contribution >= 0.6 is 35.0 Å². The molecule has 1 atom stereocenters. The molecule has 1 aliphatic rings. The van der Waals surface area contributed by atoms with Gasteiger partial charge in [0.05, 0.1) is 16.0 Å². The lowest BCUT2D eigenvalue weighted by Gasteiger charge is -2.21. The van der Waals surface area contributed by atoms with Crippen molar-refractivity contribution in [3.05, 3.63) is 58.6 Å². The maximum Gasteiger partial charge on any atom is 0.254 e. The second-order valence-electron chi connectivity index (χ2n) is 5.54. The first kappa shape index (κ1) is 18.8. The molecule has 0 unspecified atom stereocenters. The Bertz CT molecular complexity index is 888. The third kappa shape index (κ3) is 4.20. The lowest BCUT2D eigenvalue weighted by atomic mass is 10.3. The molecule has 134 valence electrons. The molecule has 0 saturated heterocycles. The third-order valence-corrected chi connectivity index (χ3v) is 5.27. The standard InChI is InChI=1S/C18H15Cl2N3O2S/c1-11(17(25)22-13-6-4-5-12(19)9-13)26-18-21-10-16(24)23(18)15-8-3-2-7-14(15)20/h2-9,11H,10H2,1H3,(H,22,25)/t11-/m1/s1. The SMILES string of the molecule is C[C@@H](SC1=NCC(=O)N1c1ccccc1Cl)C(=O)Nc1cccc(Cl)c1. The maximum absolute atomic E-state index is 12.4. The zero-order valence-corrected chi connectivity index (χ0v) is 16.1. The molecule has 26 heavy (non-hydrogen) atoms. The van der Waals surface area contributed by atoms with Crippen LogP contribution in [-0.4, -0.2) is 28.8 Å². The number of nitrogens with one attached hydrogen (secondary N) is 1. The highest BCUT2D eigenvalue weighted by molar-refractivity contribution is 8.15. The van der Waals surface area contributed by atoms with E-state index in [0.717, 1.165) is 0 Å². The van der Waals surface area contributed by atoms with Gasteiger partial charge >= 0.3 is 0 Å². The minimum atomic E-state index is -0.469. The monoisotopic (exact) mass is 407 g/mol. The number of hydrogen-bond donors (Lipinski definition) is 1. The maximum atomic E-state index is 12.4. The van der Waals surface area contributed by atoms with Gasteiger partial charge in [-0.25, -0.2) is 0 Å². The number of carbonyl (C=O) groups excluding carboxylic acids is 2. The number of rotatable bonds is 4. The first-order valence-electron chi connectivity index (χ1n) is 7.80. The number of carbonyl (C=O) groups is 2. The van der Waals surface area contributed by atoms with Crippen LogP contribution in [0.15, 0.2) is 53.5 Å². The summed E-state index contributed by atoms with van der Waals surface area (Å²) in [4.78, 5) is 30.4. The number of amides is 2. The number of benzene rings is 2. The van der Waals surface area contributed by atoms with E-state index in [1.54, 1.807) is 55.5 Å². The van der Waals surface area contributed by atoms with Crippen molar-refractivity contribution in [3.8, 4) is 0 Å². The zero-order chi connectivity index (χ0) is 18.7. The van der Waals surface area contributed by atoms with Gasteiger partial charge in [0.2, 0.25) is 5.91 Å². The van der Waals surface area contributed by atoms with Crippen LogP contribution in [0.3, 0.4) is 0 Å². The summed E-state index contributed by atoms with van der Waals surface area (Å²) in [7, 11) is 0. The first-order chi connectivity index (χ1) is 12.5. The number of para-hydroxylation sites is 1. The normalized spacial score (nSPS) is 15.0. The molecule has 3 rings (SSSR count). The van der Waals surface area contributed by atoms with E-state index in [-0.39, 0.29) is 18.4 Å². The van der Waals surface area contributed by atoms with Gasteiger partial charge in [-0.2, -0.15) is 0 Å². The number of halogens is 2. The molecule has 1 heterocycles. The number of amidine groups is 1. The molecule has 2 aromatic rings. The van der Waals surface area contributed by atoms with Gasteiger partial charge in [-0.1, -0.05) is 53.2 Å². The molecule has 0 radical (unpaired) electrons. The molecule has 0 fully saturated rings. The molecule has 1 N–H and O–H groups in total. The molecule has 0 aliphatic carbocycles. The van der Waals surface area contributed by atoms with Gasteiger partial charge in [0.1, 0.15) is 6.54 Å². The molecule has 0 saturated carbocycles. The van der Waals surface area contributed by atoms with Crippen molar-refractivity contribution < 1.29 is 9.59 Å². The molecule has 5 nitrogen and oxygen atoms in total. The molecular weight excluding hydrogens is 393 g/mol. The van der Waals surface area contributed by atoms with Gasteiger partial charge in [0.15, 0.2) is 5.17 Å². The second kappa shape index (κ2) is 8.12. The van der Waals surface area contributed by atoms with Crippen LogP contribution in [0.1, 0.15) is 6.92 Å². The Morgan fingerprint density at radius 1 is 1.23 bits per heavy atom. The van der Waals surface area contributed by atoms with Crippen molar-refractivity contribution in [1.82, 2.24) is 0 Å². The summed E-state index contributed by atoms with van der Waals surface area (Å²) in [6.45, 7) is 1.79. The van der Waals surface area contributed by atoms with E-state index in [1.165, 1.54) is 16.7 Å². The Morgan fingerprint density at radius 2 is 2.00 bits per heavy atom. The Hall–Kier alpha value is -2.02. The van der Waals surface area contributed by atoms with Crippen LogP contribution < -0.4 is 10.2 Å². The van der Waals surface area contributed by atoms with E-state index in [4.69, 9.17) is 23.2 Å². The highest BCUT2D eigenvalue weighted by Crippen LogP contribution is 2.31. The average molecular weight is 408 g/mol. The average Bonchev–Trinajstić information content (AvgIpc) is 2.95. The van der Waals surface area contributed by atoms with Crippen molar-refractivity contribution in [1.29, 1.82) is 0 Å². The molecular formula is C18H15Cl2N3O2S. The summed E-state index contributed by atoms with van der Waals surface area (Å²) < 4.78 is 0. The van der Waals surface area contributed by atoms with Crippen LogP contribution in [0.5, 0.6) is 0 Å². The smallest absolute Gasteiger partial charge is 0.254 e. The van der Waals surface area contributed by atoms with Gasteiger partial charge < -0.3 is 5.32 Å². The van der Waals surface area contributed by atoms with Crippen LogP contribution in [0, 0.1) is 0 Å². The summed E-state index contributed by atoms with van der Waals surface area (Å²) in [5, 5.41) is 3.78. The highest BCUT2D eigenvalue weighted by atomic mass is 35.5. The van der Waals surface area contributed by atoms with E-state index in [9.17, 15) is 9.59 Å². The molecule has 2 amide bonds. The lowest BCUT2D eigenvalue weighted by molar-refractivity contribution is -0.116. The summed E-state index contributed by atoms with van der Waals surface area (Å²) in [5.41, 5.74) is 1.17. The van der Waals surface area contributed by atoms with Gasteiger partial charge in [-0.15, -0.1) is 0 Å². The molecule has 8 heteroatoms. The number of thioether (sulfide) groups is 1. The molecule has 0 aromatic heterocycles. The fourth-order valence-corrected chi connectivity index (χ4v) is 3.70. The number of anilines is 2. The summed E-state index contributed by atoms with van der Waals surface area (Å²) >= 11 is 13.3. The minimum Gasteiger partial charge on any atom is -0.325 e. The van der Waals surface area contributed by atoms with Crippen molar-refractivity contribution >= 4 is 63.3 Å². The number of aliphatic imine (C=N–C) groups is 1. The van der Waals surface area contributed by atoms with E-state index in [2.05, 4.69) is 10.3 Å². The first-order valence-corrected chi connectivity index (χ1v) is 9.44. The number of nitrogens with zero attached hydrogens (tertiary/aromatic N) is 2. The van der Waals surface area contributed by atoms with Crippen molar-refractivity contribution in [2.45, 2.75) is 12.2 Å². The summed E-state index contributed by atoms with van der Waals surface area (Å²) in [6.07, 6.45) is 0. The predicted octanol–water partition coefficient (Wildman–Crippen LogP) is 4.46. The van der Waals surface area contributed by atoms with Crippen molar-refractivity contribution in [3.63, 3.8) is 0 Å². The van der Waals surface area contributed by atoms with E-state index >= 15 is 0 Å². The van der Waals surface area contributed by atoms with Gasteiger partial charge in [0.25, 0.3) is 5.91 Å². The van der Waals surface area contributed by atoms with Gasteiger partial charge in [0, 0.05) is 10.7 Å². The minimum absolute atomic E-state index is 0.0379. The topological polar surface area (TPSA) is 61.8 Å². The largest absolute Gasteiger partial charge is 0.325 e.